The van der Waals surface area contributed by atoms with E-state index in [9.17, 15) is 0 Å². The number of nitrogens with zero attached hydrogens (tertiary/aromatic N) is 1. The van der Waals surface area contributed by atoms with Gasteiger partial charge in [-0.1, -0.05) is 12.8 Å². The molecule has 0 saturated heterocycles. The molecule has 1 unspecified atom stereocenters. The van der Waals surface area contributed by atoms with Gasteiger partial charge in [-0.3, -0.25) is 0 Å². The molecule has 1 saturated carbocycles. The molecule has 0 aromatic carbocycles. The van der Waals surface area contributed by atoms with Crippen LogP contribution in [0, 0.1) is 5.92 Å². The smallest absolute Gasteiger partial charge is 0.113 e. The summed E-state index contributed by atoms with van der Waals surface area (Å²) < 4.78 is 0. The molecule has 0 spiro atoms. The third-order valence-corrected chi connectivity index (χ3v) is 6.19. The van der Waals surface area contributed by atoms with E-state index in [2.05, 4.69) is 26.1 Å². The average Bonchev–Trinajstić information content (AvgIpc) is 3.04. The molecule has 1 aromatic rings. The van der Waals surface area contributed by atoms with Crippen LogP contribution in [0.4, 0.5) is 0 Å². The quantitative estimate of drug-likeness (QED) is 0.899. The van der Waals surface area contributed by atoms with Crippen LogP contribution in [0.3, 0.4) is 0 Å². The summed E-state index contributed by atoms with van der Waals surface area (Å²) in [6.07, 6.45) is 9.28. The number of rotatable bonds is 4. The average molecular weight is 278 g/mol. The lowest BCUT2D eigenvalue weighted by atomic mass is 9.84. The van der Waals surface area contributed by atoms with Crippen LogP contribution in [0.1, 0.15) is 68.5 Å². The second kappa shape index (κ2) is 5.17. The Hall–Kier alpha value is -0.410. The van der Waals surface area contributed by atoms with E-state index in [1.54, 1.807) is 4.88 Å². The van der Waals surface area contributed by atoms with Crippen molar-refractivity contribution in [3.8, 4) is 0 Å². The van der Waals surface area contributed by atoms with Gasteiger partial charge < -0.3 is 5.32 Å². The molecular weight excluding hydrogens is 252 g/mol. The van der Waals surface area contributed by atoms with Crippen molar-refractivity contribution in [2.24, 2.45) is 5.92 Å². The maximum atomic E-state index is 5.02. The van der Waals surface area contributed by atoms with Gasteiger partial charge in [-0.25, -0.2) is 4.98 Å². The van der Waals surface area contributed by atoms with Crippen molar-refractivity contribution in [3.63, 3.8) is 0 Å². The van der Waals surface area contributed by atoms with Gasteiger partial charge in [0.1, 0.15) is 5.01 Å². The highest BCUT2D eigenvalue weighted by Crippen LogP contribution is 2.43. The second-order valence-electron chi connectivity index (χ2n) is 6.73. The molecule has 1 aromatic heterocycles. The lowest BCUT2D eigenvalue weighted by Gasteiger charge is -2.37. The van der Waals surface area contributed by atoms with Gasteiger partial charge in [-0.2, -0.15) is 0 Å². The molecule has 1 atom stereocenters. The fourth-order valence-corrected chi connectivity index (χ4v) is 5.21. The summed E-state index contributed by atoms with van der Waals surface area (Å²) in [5, 5.41) is 5.21. The fourth-order valence-electron chi connectivity index (χ4n) is 3.87. The van der Waals surface area contributed by atoms with E-state index in [4.69, 9.17) is 4.98 Å². The molecule has 2 aliphatic rings. The highest BCUT2D eigenvalue weighted by molar-refractivity contribution is 7.12. The second-order valence-corrected chi connectivity index (χ2v) is 7.81. The SMILES string of the molecule is CC(C)NC(C)(c1nc2c(s1)CCC2)C1CCCC1. The molecule has 1 fully saturated rings. The minimum absolute atomic E-state index is 0.0969. The van der Waals surface area contributed by atoms with Crippen molar-refractivity contribution >= 4 is 11.3 Å². The molecule has 3 heteroatoms. The fraction of sp³-hybridized carbons (Fsp3) is 0.812. The summed E-state index contributed by atoms with van der Waals surface area (Å²) >= 11 is 1.98. The van der Waals surface area contributed by atoms with Gasteiger partial charge in [0.05, 0.1) is 11.2 Å². The summed E-state index contributed by atoms with van der Waals surface area (Å²) in [6, 6.07) is 0.518. The normalized spacial score (nSPS) is 22.9. The molecule has 0 amide bonds. The lowest BCUT2D eigenvalue weighted by molar-refractivity contribution is 0.216. The molecule has 0 aliphatic heterocycles. The van der Waals surface area contributed by atoms with E-state index in [0.29, 0.717) is 6.04 Å². The third-order valence-electron chi connectivity index (χ3n) is 4.80. The summed E-state index contributed by atoms with van der Waals surface area (Å²) in [4.78, 5) is 6.58. The largest absolute Gasteiger partial charge is 0.303 e. The van der Waals surface area contributed by atoms with Gasteiger partial charge in [0.2, 0.25) is 0 Å². The van der Waals surface area contributed by atoms with Gasteiger partial charge in [-0.15, -0.1) is 11.3 Å². The maximum absolute atomic E-state index is 5.02. The van der Waals surface area contributed by atoms with Gasteiger partial charge in [-0.05, 0) is 58.8 Å². The van der Waals surface area contributed by atoms with E-state index in [-0.39, 0.29) is 5.54 Å². The van der Waals surface area contributed by atoms with Gasteiger partial charge in [0.15, 0.2) is 0 Å². The van der Waals surface area contributed by atoms with Crippen LogP contribution in [0.25, 0.3) is 0 Å². The first-order valence-corrected chi connectivity index (χ1v) is 8.68. The monoisotopic (exact) mass is 278 g/mol. The molecule has 19 heavy (non-hydrogen) atoms. The molecule has 2 nitrogen and oxygen atoms in total. The summed E-state index contributed by atoms with van der Waals surface area (Å²) in [5.41, 5.74) is 1.49. The Morgan fingerprint density at radius 2 is 1.95 bits per heavy atom. The molecule has 1 heterocycles. The molecule has 2 aliphatic carbocycles. The van der Waals surface area contributed by atoms with Crippen LogP contribution in [0.15, 0.2) is 0 Å². The zero-order valence-electron chi connectivity index (χ0n) is 12.5. The van der Waals surface area contributed by atoms with Crippen LogP contribution in [-0.4, -0.2) is 11.0 Å². The van der Waals surface area contributed by atoms with E-state index in [1.165, 1.54) is 55.6 Å². The Kier molecular flexibility index (Phi) is 3.69. The van der Waals surface area contributed by atoms with Crippen LogP contribution < -0.4 is 5.32 Å². The summed E-state index contributed by atoms with van der Waals surface area (Å²) in [7, 11) is 0. The number of hydrogen-bond acceptors (Lipinski definition) is 3. The van der Waals surface area contributed by atoms with E-state index in [1.807, 2.05) is 11.3 Å². The Morgan fingerprint density at radius 1 is 1.21 bits per heavy atom. The predicted molar refractivity (Wildman–Crippen MR) is 81.7 cm³/mol. The maximum Gasteiger partial charge on any atom is 0.113 e. The van der Waals surface area contributed by atoms with Gasteiger partial charge in [0, 0.05) is 10.9 Å². The van der Waals surface area contributed by atoms with E-state index < -0.39 is 0 Å². The van der Waals surface area contributed by atoms with Crippen molar-refractivity contribution in [1.29, 1.82) is 0 Å². The van der Waals surface area contributed by atoms with Crippen molar-refractivity contribution in [2.75, 3.05) is 0 Å². The van der Waals surface area contributed by atoms with Crippen molar-refractivity contribution in [2.45, 2.75) is 77.3 Å². The van der Waals surface area contributed by atoms with E-state index >= 15 is 0 Å². The first-order valence-electron chi connectivity index (χ1n) is 7.86. The zero-order chi connectivity index (χ0) is 13.5. The van der Waals surface area contributed by atoms with Crippen molar-refractivity contribution in [1.82, 2.24) is 10.3 Å². The highest BCUT2D eigenvalue weighted by Gasteiger charge is 2.41. The number of aryl methyl sites for hydroxylation is 2. The molecule has 1 N–H and O–H groups in total. The summed E-state index contributed by atoms with van der Waals surface area (Å²) in [6.45, 7) is 6.92. The van der Waals surface area contributed by atoms with Gasteiger partial charge in [0.25, 0.3) is 0 Å². The molecule has 0 bridgehead atoms. The minimum atomic E-state index is 0.0969. The Bertz CT molecular complexity index is 424. The third kappa shape index (κ3) is 2.47. The number of aromatic nitrogens is 1. The lowest BCUT2D eigenvalue weighted by Crippen LogP contribution is -2.48. The Balaban J connectivity index is 1.92. The topological polar surface area (TPSA) is 24.9 Å². The van der Waals surface area contributed by atoms with E-state index in [0.717, 1.165) is 5.92 Å². The molecule has 3 rings (SSSR count). The number of hydrogen-bond donors (Lipinski definition) is 1. The number of thiazole rings is 1. The highest BCUT2D eigenvalue weighted by atomic mass is 32.1. The van der Waals surface area contributed by atoms with Crippen molar-refractivity contribution in [3.05, 3.63) is 15.6 Å². The van der Waals surface area contributed by atoms with Crippen LogP contribution >= 0.6 is 11.3 Å². The number of nitrogens with one attached hydrogen (secondary N) is 1. The predicted octanol–water partition coefficient (Wildman–Crippen LogP) is 4.04. The van der Waals surface area contributed by atoms with Gasteiger partial charge >= 0.3 is 0 Å². The minimum Gasteiger partial charge on any atom is -0.303 e. The number of fused-ring (bicyclic) bond motifs is 1. The zero-order valence-corrected chi connectivity index (χ0v) is 13.3. The van der Waals surface area contributed by atoms with Crippen molar-refractivity contribution < 1.29 is 0 Å². The summed E-state index contributed by atoms with van der Waals surface area (Å²) in [5.74, 6) is 0.765. The first kappa shape index (κ1) is 13.6. The standard InChI is InChI=1S/C16H26N2S/c1-11(2)18-16(3,12-7-4-5-8-12)15-17-13-9-6-10-14(13)19-15/h11-12,18H,4-10H2,1-3H3. The molecule has 0 radical (unpaired) electrons. The molecular formula is C16H26N2S. The van der Waals surface area contributed by atoms with Crippen LogP contribution in [0.5, 0.6) is 0 Å². The van der Waals surface area contributed by atoms with Crippen LogP contribution in [-0.2, 0) is 18.4 Å². The first-order chi connectivity index (χ1) is 9.09. The van der Waals surface area contributed by atoms with Crippen LogP contribution in [0.2, 0.25) is 0 Å². The Labute approximate surface area is 121 Å². The Morgan fingerprint density at radius 3 is 2.58 bits per heavy atom. The molecule has 106 valence electrons.